The van der Waals surface area contributed by atoms with Gasteiger partial charge in [0.15, 0.2) is 0 Å². The maximum absolute atomic E-state index is 11.7. The van der Waals surface area contributed by atoms with Gasteiger partial charge in [-0.15, -0.1) is 0 Å². The Morgan fingerprint density at radius 3 is 2.74 bits per heavy atom. The predicted octanol–water partition coefficient (Wildman–Crippen LogP) is 1.73. The number of benzene rings is 1. The van der Waals surface area contributed by atoms with E-state index >= 15 is 0 Å². The number of hydrogen-bond donors (Lipinski definition) is 2. The van der Waals surface area contributed by atoms with Crippen molar-refractivity contribution in [3.63, 3.8) is 0 Å². The van der Waals surface area contributed by atoms with Crippen LogP contribution in [0.5, 0.6) is 5.75 Å². The van der Waals surface area contributed by atoms with Crippen LogP contribution in [0.4, 0.5) is 0 Å². The van der Waals surface area contributed by atoms with E-state index in [9.17, 15) is 9.59 Å². The molecule has 2 N–H and O–H groups in total. The second-order valence-corrected chi connectivity index (χ2v) is 4.61. The van der Waals surface area contributed by atoms with Crippen molar-refractivity contribution in [2.24, 2.45) is 5.92 Å². The highest BCUT2D eigenvalue weighted by atomic mass is 35.5. The molecule has 0 aliphatic carbocycles. The molecule has 0 bridgehead atoms. The summed E-state index contributed by atoms with van der Waals surface area (Å²) in [6, 6.07) is 5.01. The number of ether oxygens (including phenoxy) is 1. The number of carbonyl (C=O) groups is 2. The normalized spacial score (nSPS) is 11.7. The number of carboxylic acids is 1. The number of hydrogen-bond acceptors (Lipinski definition) is 3. The minimum Gasteiger partial charge on any atom is -0.496 e. The Labute approximate surface area is 116 Å². The van der Waals surface area contributed by atoms with Crippen LogP contribution in [0, 0.1) is 5.92 Å². The molecule has 0 spiro atoms. The van der Waals surface area contributed by atoms with Gasteiger partial charge >= 0.3 is 5.97 Å². The number of halogens is 1. The maximum atomic E-state index is 11.7. The van der Waals surface area contributed by atoms with Gasteiger partial charge in [-0.1, -0.05) is 24.6 Å². The fourth-order valence-electron chi connectivity index (χ4n) is 1.45. The molecule has 0 heterocycles. The highest BCUT2D eigenvalue weighted by molar-refractivity contribution is 6.30. The first-order chi connectivity index (χ1) is 8.93. The molecule has 1 rings (SSSR count). The average molecular weight is 286 g/mol. The molecule has 0 aliphatic rings. The molecular formula is C13H16ClNO4. The summed E-state index contributed by atoms with van der Waals surface area (Å²) in [5.41, 5.74) is 0.701. The zero-order chi connectivity index (χ0) is 14.4. The van der Waals surface area contributed by atoms with Crippen molar-refractivity contribution in [3.8, 4) is 5.75 Å². The van der Waals surface area contributed by atoms with Gasteiger partial charge in [0.1, 0.15) is 5.75 Å². The Balaban J connectivity index is 2.60. The number of methoxy groups -OCH3 is 1. The first kappa shape index (κ1) is 15.3. The summed E-state index contributed by atoms with van der Waals surface area (Å²) < 4.78 is 5.13. The van der Waals surface area contributed by atoms with Crippen molar-refractivity contribution in [2.75, 3.05) is 13.7 Å². The molecule has 1 unspecified atom stereocenters. The van der Waals surface area contributed by atoms with E-state index in [4.69, 9.17) is 21.4 Å². The Bertz CT molecular complexity index is 476. The number of carboxylic acid groups (broad SMARTS) is 1. The van der Waals surface area contributed by atoms with Crippen LogP contribution in [0.15, 0.2) is 18.2 Å². The standard InChI is InChI=1S/C13H16ClNO4/c1-8(13(17)18)7-15-12(16)5-9-3-4-10(14)6-11(9)19-2/h3-4,6,8H,5,7H2,1-2H3,(H,15,16)(H,17,18). The van der Waals surface area contributed by atoms with Crippen LogP contribution in [0.3, 0.4) is 0 Å². The summed E-state index contributed by atoms with van der Waals surface area (Å²) in [4.78, 5) is 22.3. The number of aliphatic carboxylic acids is 1. The largest absolute Gasteiger partial charge is 0.496 e. The van der Waals surface area contributed by atoms with Crippen molar-refractivity contribution in [2.45, 2.75) is 13.3 Å². The minimum atomic E-state index is -0.940. The molecular weight excluding hydrogens is 270 g/mol. The third-order valence-corrected chi connectivity index (χ3v) is 2.86. The van der Waals surface area contributed by atoms with Crippen LogP contribution in [0.1, 0.15) is 12.5 Å². The highest BCUT2D eigenvalue weighted by Crippen LogP contribution is 2.23. The van der Waals surface area contributed by atoms with E-state index in [1.807, 2.05) is 0 Å². The van der Waals surface area contributed by atoms with Crippen molar-refractivity contribution >= 4 is 23.5 Å². The first-order valence-corrected chi connectivity index (χ1v) is 6.13. The van der Waals surface area contributed by atoms with Gasteiger partial charge in [-0.25, -0.2) is 0 Å². The molecule has 0 aromatic heterocycles. The van der Waals surface area contributed by atoms with Gasteiger partial charge in [0, 0.05) is 17.1 Å². The van der Waals surface area contributed by atoms with Crippen LogP contribution >= 0.6 is 11.6 Å². The van der Waals surface area contributed by atoms with Crippen molar-refractivity contribution in [3.05, 3.63) is 28.8 Å². The van der Waals surface area contributed by atoms with Gasteiger partial charge in [-0.2, -0.15) is 0 Å². The number of carbonyl (C=O) groups excluding carboxylic acids is 1. The second kappa shape index (κ2) is 6.99. The summed E-state index contributed by atoms with van der Waals surface area (Å²) in [5.74, 6) is -1.27. The summed E-state index contributed by atoms with van der Waals surface area (Å²) in [6.07, 6.45) is 0.118. The van der Waals surface area contributed by atoms with Gasteiger partial charge in [0.2, 0.25) is 5.91 Å². The van der Waals surface area contributed by atoms with Gasteiger partial charge in [-0.3, -0.25) is 9.59 Å². The number of rotatable bonds is 6. The van der Waals surface area contributed by atoms with Gasteiger partial charge in [-0.05, 0) is 12.1 Å². The Kier molecular flexibility index (Phi) is 5.63. The molecule has 0 saturated heterocycles. The molecule has 19 heavy (non-hydrogen) atoms. The topological polar surface area (TPSA) is 75.6 Å². The molecule has 0 aliphatic heterocycles. The fourth-order valence-corrected chi connectivity index (χ4v) is 1.62. The molecule has 5 nitrogen and oxygen atoms in total. The molecule has 1 aromatic rings. The van der Waals surface area contributed by atoms with Crippen molar-refractivity contribution in [1.29, 1.82) is 0 Å². The van der Waals surface area contributed by atoms with Crippen LogP contribution in [-0.2, 0) is 16.0 Å². The lowest BCUT2D eigenvalue weighted by molar-refractivity contribution is -0.141. The zero-order valence-corrected chi connectivity index (χ0v) is 11.5. The molecule has 1 atom stereocenters. The molecule has 0 saturated carbocycles. The minimum absolute atomic E-state index is 0.101. The van der Waals surface area contributed by atoms with Crippen LogP contribution in [0.25, 0.3) is 0 Å². The lowest BCUT2D eigenvalue weighted by atomic mass is 10.1. The third kappa shape index (κ3) is 4.79. The first-order valence-electron chi connectivity index (χ1n) is 5.76. The maximum Gasteiger partial charge on any atom is 0.308 e. The van der Waals surface area contributed by atoms with Gasteiger partial charge < -0.3 is 15.2 Å². The van der Waals surface area contributed by atoms with Crippen LogP contribution in [-0.4, -0.2) is 30.6 Å². The van der Waals surface area contributed by atoms with E-state index in [0.717, 1.165) is 0 Å². The quantitative estimate of drug-likeness (QED) is 0.834. The second-order valence-electron chi connectivity index (χ2n) is 4.18. The Morgan fingerprint density at radius 1 is 1.47 bits per heavy atom. The molecule has 6 heteroatoms. The Hall–Kier alpha value is -1.75. The number of amides is 1. The van der Waals surface area contributed by atoms with E-state index in [0.29, 0.717) is 16.3 Å². The van der Waals surface area contributed by atoms with E-state index in [1.165, 1.54) is 14.0 Å². The third-order valence-electron chi connectivity index (χ3n) is 2.63. The van der Waals surface area contributed by atoms with Gasteiger partial charge in [0.25, 0.3) is 0 Å². The fraction of sp³-hybridized carbons (Fsp3) is 0.385. The molecule has 1 amide bonds. The lowest BCUT2D eigenvalue weighted by Crippen LogP contribution is -2.32. The van der Waals surface area contributed by atoms with Crippen LogP contribution in [0.2, 0.25) is 5.02 Å². The highest BCUT2D eigenvalue weighted by Gasteiger charge is 2.13. The summed E-state index contributed by atoms with van der Waals surface area (Å²) in [7, 11) is 1.50. The lowest BCUT2D eigenvalue weighted by Gasteiger charge is -2.11. The monoisotopic (exact) mass is 285 g/mol. The van der Waals surface area contributed by atoms with Crippen molar-refractivity contribution in [1.82, 2.24) is 5.32 Å². The average Bonchev–Trinajstić information content (AvgIpc) is 2.37. The number of nitrogens with one attached hydrogen (secondary N) is 1. The predicted molar refractivity (Wildman–Crippen MR) is 71.5 cm³/mol. The molecule has 104 valence electrons. The molecule has 0 radical (unpaired) electrons. The van der Waals surface area contributed by atoms with E-state index in [2.05, 4.69) is 5.32 Å². The van der Waals surface area contributed by atoms with E-state index in [-0.39, 0.29) is 18.9 Å². The van der Waals surface area contributed by atoms with E-state index < -0.39 is 11.9 Å². The van der Waals surface area contributed by atoms with E-state index in [1.54, 1.807) is 18.2 Å². The van der Waals surface area contributed by atoms with Crippen LogP contribution < -0.4 is 10.1 Å². The summed E-state index contributed by atoms with van der Waals surface area (Å²) >= 11 is 5.82. The smallest absolute Gasteiger partial charge is 0.308 e. The Morgan fingerprint density at radius 2 is 2.16 bits per heavy atom. The summed E-state index contributed by atoms with van der Waals surface area (Å²) in [5, 5.41) is 11.8. The summed E-state index contributed by atoms with van der Waals surface area (Å²) in [6.45, 7) is 1.63. The van der Waals surface area contributed by atoms with Crippen molar-refractivity contribution < 1.29 is 19.4 Å². The van der Waals surface area contributed by atoms with Gasteiger partial charge in [0.05, 0.1) is 19.4 Å². The molecule has 0 fully saturated rings. The zero-order valence-electron chi connectivity index (χ0n) is 10.8. The molecule has 1 aromatic carbocycles. The SMILES string of the molecule is COc1cc(Cl)ccc1CC(=O)NCC(C)C(=O)O.